The van der Waals surface area contributed by atoms with Gasteiger partial charge in [0.1, 0.15) is 24.6 Å². The molecule has 1 aliphatic rings. The normalized spacial score (nSPS) is 18.0. The number of nitro groups is 2. The lowest BCUT2D eigenvalue weighted by molar-refractivity contribution is -0.385. The molecule has 1 saturated heterocycles. The molecule has 10 nitrogen and oxygen atoms in total. The van der Waals surface area contributed by atoms with Crippen molar-refractivity contribution in [3.05, 3.63) is 74.3 Å². The van der Waals surface area contributed by atoms with Gasteiger partial charge in [-0.15, -0.1) is 0 Å². The number of hydrogen-bond donors (Lipinski definition) is 0. The lowest BCUT2D eigenvalue weighted by Gasteiger charge is -2.04. The second-order valence-electron chi connectivity index (χ2n) is 5.36. The molecular weight excluding hydrogens is 348 g/mol. The molecule has 0 bridgehead atoms. The van der Waals surface area contributed by atoms with E-state index in [9.17, 15) is 25.0 Å². The fraction of sp³-hybridized carbons (Fsp3) is 0.188. The number of epoxide rings is 1. The first-order valence-electron chi connectivity index (χ1n) is 7.43. The Morgan fingerprint density at radius 2 is 1.50 bits per heavy atom. The topological polar surface area (TPSA) is 134 Å². The number of benzene rings is 2. The van der Waals surface area contributed by atoms with Crippen LogP contribution in [0, 0.1) is 20.2 Å². The molecule has 2 atom stereocenters. The van der Waals surface area contributed by atoms with Crippen molar-refractivity contribution in [1.29, 1.82) is 0 Å². The summed E-state index contributed by atoms with van der Waals surface area (Å²) in [7, 11) is 0. The Hall–Kier alpha value is -3.53. The van der Waals surface area contributed by atoms with Crippen molar-refractivity contribution < 1.29 is 28.9 Å². The van der Waals surface area contributed by atoms with Crippen LogP contribution in [0.2, 0.25) is 0 Å². The first-order chi connectivity index (χ1) is 12.4. The lowest BCUT2D eigenvalue weighted by Crippen LogP contribution is -2.14. The molecule has 0 radical (unpaired) electrons. The number of non-ortho nitro benzene ring substituents is 2. The van der Waals surface area contributed by atoms with Gasteiger partial charge in [-0.25, -0.2) is 4.79 Å². The maximum absolute atomic E-state index is 11.6. The van der Waals surface area contributed by atoms with Crippen LogP contribution in [0.25, 0.3) is 0 Å². The maximum atomic E-state index is 11.6. The molecule has 0 amide bonds. The van der Waals surface area contributed by atoms with Crippen LogP contribution < -0.4 is 4.74 Å². The lowest BCUT2D eigenvalue weighted by atomic mass is 10.1. The Bertz CT molecular complexity index is 834. The van der Waals surface area contributed by atoms with Crippen LogP contribution in [0.1, 0.15) is 11.7 Å². The summed E-state index contributed by atoms with van der Waals surface area (Å²) < 4.78 is 15.2. The van der Waals surface area contributed by atoms with E-state index in [1.807, 2.05) is 0 Å². The highest BCUT2D eigenvalue weighted by molar-refractivity contribution is 5.64. The van der Waals surface area contributed by atoms with Crippen LogP contribution in [0.3, 0.4) is 0 Å². The monoisotopic (exact) mass is 360 g/mol. The minimum absolute atomic E-state index is 0.0196. The Labute approximate surface area is 146 Å². The Balaban J connectivity index is 1.45. The third-order valence-electron chi connectivity index (χ3n) is 3.63. The Kier molecular flexibility index (Phi) is 4.76. The summed E-state index contributed by atoms with van der Waals surface area (Å²) in [5.41, 5.74) is 0.602. The number of nitrogens with zero attached hydrogens (tertiary/aromatic N) is 2. The van der Waals surface area contributed by atoms with Crippen molar-refractivity contribution in [2.75, 3.05) is 6.61 Å². The quantitative estimate of drug-likeness (QED) is 0.252. The van der Waals surface area contributed by atoms with E-state index >= 15 is 0 Å². The molecule has 0 aliphatic carbocycles. The molecule has 0 unspecified atom stereocenters. The van der Waals surface area contributed by atoms with E-state index in [1.165, 1.54) is 36.4 Å². The fourth-order valence-corrected chi connectivity index (χ4v) is 2.26. The Morgan fingerprint density at radius 1 is 0.962 bits per heavy atom. The highest BCUT2D eigenvalue weighted by atomic mass is 16.7. The van der Waals surface area contributed by atoms with Gasteiger partial charge < -0.3 is 14.2 Å². The van der Waals surface area contributed by atoms with Gasteiger partial charge in [-0.1, -0.05) is 0 Å². The van der Waals surface area contributed by atoms with Crippen LogP contribution in [0.15, 0.2) is 48.5 Å². The third-order valence-corrected chi connectivity index (χ3v) is 3.63. The number of hydrogen-bond acceptors (Lipinski definition) is 8. The van der Waals surface area contributed by atoms with Gasteiger partial charge in [0.15, 0.2) is 0 Å². The van der Waals surface area contributed by atoms with Gasteiger partial charge in [0.2, 0.25) is 0 Å². The van der Waals surface area contributed by atoms with Gasteiger partial charge in [0.05, 0.1) is 9.85 Å². The molecule has 1 fully saturated rings. The number of ether oxygens (including phenoxy) is 3. The predicted molar refractivity (Wildman–Crippen MR) is 85.8 cm³/mol. The summed E-state index contributed by atoms with van der Waals surface area (Å²) in [6.07, 6.45) is -1.62. The summed E-state index contributed by atoms with van der Waals surface area (Å²) in [5, 5.41) is 21.2. The number of carbonyl (C=O) groups is 1. The molecule has 0 aromatic heterocycles. The van der Waals surface area contributed by atoms with Gasteiger partial charge in [-0.2, -0.15) is 0 Å². The van der Waals surface area contributed by atoms with E-state index in [4.69, 9.17) is 14.2 Å². The minimum Gasteiger partial charge on any atom is -0.431 e. The number of carbonyl (C=O) groups excluding carboxylic acids is 1. The molecule has 0 N–H and O–H groups in total. The van der Waals surface area contributed by atoms with E-state index in [2.05, 4.69) is 0 Å². The van der Waals surface area contributed by atoms with Gasteiger partial charge >= 0.3 is 6.16 Å². The second kappa shape index (κ2) is 7.15. The minimum atomic E-state index is -0.961. The average Bonchev–Trinajstić information content (AvgIpc) is 3.40. The third kappa shape index (κ3) is 4.11. The summed E-state index contributed by atoms with van der Waals surface area (Å²) in [4.78, 5) is 31.7. The molecular formula is C16H12N2O8. The van der Waals surface area contributed by atoms with Crippen LogP contribution in [0.5, 0.6) is 5.75 Å². The Morgan fingerprint density at radius 3 is 2.04 bits per heavy atom. The molecule has 134 valence electrons. The molecule has 10 heteroatoms. The summed E-state index contributed by atoms with van der Waals surface area (Å²) in [6, 6.07) is 10.9. The zero-order chi connectivity index (χ0) is 18.7. The number of rotatable bonds is 6. The van der Waals surface area contributed by atoms with Crippen molar-refractivity contribution in [2.24, 2.45) is 0 Å². The summed E-state index contributed by atoms with van der Waals surface area (Å²) in [5.74, 6) is 0.115. The van der Waals surface area contributed by atoms with Crippen molar-refractivity contribution in [3.63, 3.8) is 0 Å². The van der Waals surface area contributed by atoms with Crippen molar-refractivity contribution in [2.45, 2.75) is 12.2 Å². The van der Waals surface area contributed by atoms with Gasteiger partial charge in [0.25, 0.3) is 11.4 Å². The summed E-state index contributed by atoms with van der Waals surface area (Å²) in [6.45, 7) is -0.0481. The van der Waals surface area contributed by atoms with Crippen LogP contribution in [-0.4, -0.2) is 28.7 Å². The molecule has 0 saturated carbocycles. The van der Waals surface area contributed by atoms with Crippen molar-refractivity contribution in [3.8, 4) is 5.75 Å². The maximum Gasteiger partial charge on any atom is 0.513 e. The number of nitro benzene ring substituents is 2. The SMILES string of the molecule is O=C(OC[C@@H]1O[C@H]1c1ccc([N+](=O)[O-])cc1)Oc1ccc([N+](=O)[O-])cc1. The van der Waals surface area contributed by atoms with E-state index in [0.29, 0.717) is 0 Å². The molecule has 1 aliphatic heterocycles. The largest absolute Gasteiger partial charge is 0.513 e. The van der Waals surface area contributed by atoms with E-state index in [0.717, 1.165) is 5.56 Å². The highest BCUT2D eigenvalue weighted by Crippen LogP contribution is 2.39. The van der Waals surface area contributed by atoms with Crippen molar-refractivity contribution >= 4 is 17.5 Å². The summed E-state index contributed by atoms with van der Waals surface area (Å²) >= 11 is 0. The molecule has 3 rings (SSSR count). The van der Waals surface area contributed by atoms with E-state index < -0.39 is 16.0 Å². The predicted octanol–water partition coefficient (Wildman–Crippen LogP) is 3.16. The first-order valence-corrected chi connectivity index (χ1v) is 7.43. The molecule has 2 aromatic rings. The fourth-order valence-electron chi connectivity index (χ4n) is 2.26. The first kappa shape index (κ1) is 17.3. The van der Waals surface area contributed by atoms with Crippen LogP contribution in [0.4, 0.5) is 16.2 Å². The highest BCUT2D eigenvalue weighted by Gasteiger charge is 2.41. The second-order valence-corrected chi connectivity index (χ2v) is 5.36. The van der Waals surface area contributed by atoms with E-state index in [-0.39, 0.29) is 35.9 Å². The molecule has 2 aromatic carbocycles. The van der Waals surface area contributed by atoms with E-state index in [1.54, 1.807) is 12.1 Å². The van der Waals surface area contributed by atoms with Crippen molar-refractivity contribution in [1.82, 2.24) is 0 Å². The van der Waals surface area contributed by atoms with Gasteiger partial charge in [-0.05, 0) is 29.8 Å². The standard InChI is InChI=1S/C16H12N2O8/c19-16(25-13-7-5-12(6-8-13)18(22)23)24-9-14-15(26-14)10-1-3-11(4-2-10)17(20)21/h1-8,14-15H,9H2/t14-,15-/m0/s1. The molecule has 26 heavy (non-hydrogen) atoms. The van der Waals surface area contributed by atoms with Crippen LogP contribution in [-0.2, 0) is 9.47 Å². The van der Waals surface area contributed by atoms with Crippen LogP contribution >= 0.6 is 0 Å². The molecule has 0 spiro atoms. The smallest absolute Gasteiger partial charge is 0.431 e. The molecule has 1 heterocycles. The zero-order valence-electron chi connectivity index (χ0n) is 13.1. The zero-order valence-corrected chi connectivity index (χ0v) is 13.1. The van der Waals surface area contributed by atoms with Gasteiger partial charge in [0, 0.05) is 24.3 Å². The average molecular weight is 360 g/mol. The van der Waals surface area contributed by atoms with Gasteiger partial charge in [-0.3, -0.25) is 20.2 Å².